The van der Waals surface area contributed by atoms with Crippen molar-refractivity contribution in [2.24, 2.45) is 0 Å². The summed E-state index contributed by atoms with van der Waals surface area (Å²) >= 11 is 1.66. The molecule has 1 aromatic rings. The van der Waals surface area contributed by atoms with Crippen molar-refractivity contribution in [1.29, 1.82) is 0 Å². The number of para-hydroxylation sites is 1. The van der Waals surface area contributed by atoms with Gasteiger partial charge in [-0.3, -0.25) is 20.2 Å². The monoisotopic (exact) mass is 303 g/mol. The average molecular weight is 304 g/mol. The van der Waals surface area contributed by atoms with Gasteiger partial charge in [0, 0.05) is 29.8 Å². The molecule has 0 spiro atoms. The number of amides is 1. The van der Waals surface area contributed by atoms with Crippen molar-refractivity contribution in [3.63, 3.8) is 0 Å². The first-order valence-corrected chi connectivity index (χ1v) is 6.65. The topological polar surface area (TPSA) is 84.3 Å². The Morgan fingerprint density at radius 2 is 2.26 bits per heavy atom. The third-order valence-electron chi connectivity index (χ3n) is 2.67. The molecule has 1 unspecified atom stereocenters. The van der Waals surface area contributed by atoms with Crippen molar-refractivity contribution in [2.75, 3.05) is 11.6 Å². The first kappa shape index (κ1) is 15.7. The molecule has 1 fully saturated rings. The molecular weight excluding hydrogens is 290 g/mol. The summed E-state index contributed by atoms with van der Waals surface area (Å²) in [6.45, 7) is 0.179. The minimum atomic E-state index is -0.439. The molecule has 1 aromatic carbocycles. The van der Waals surface area contributed by atoms with Crippen molar-refractivity contribution < 1.29 is 9.72 Å². The molecule has 0 aliphatic carbocycles. The van der Waals surface area contributed by atoms with Crippen LogP contribution in [0.3, 0.4) is 0 Å². The predicted molar refractivity (Wildman–Crippen MR) is 76.4 cm³/mol. The van der Waals surface area contributed by atoms with Gasteiger partial charge in [0.05, 0.1) is 11.0 Å². The van der Waals surface area contributed by atoms with Crippen LogP contribution in [-0.4, -0.2) is 28.5 Å². The highest BCUT2D eigenvalue weighted by Crippen LogP contribution is 2.17. The number of nitrogens with zero attached hydrogens (tertiary/aromatic N) is 1. The van der Waals surface area contributed by atoms with Gasteiger partial charge >= 0.3 is 0 Å². The lowest BCUT2D eigenvalue weighted by atomic mass is 10.2. The Morgan fingerprint density at radius 1 is 1.53 bits per heavy atom. The third kappa shape index (κ3) is 4.09. The molecular formula is C11H14ClN3O3S. The van der Waals surface area contributed by atoms with E-state index >= 15 is 0 Å². The van der Waals surface area contributed by atoms with E-state index in [0.29, 0.717) is 5.56 Å². The molecule has 6 nitrogen and oxygen atoms in total. The summed E-state index contributed by atoms with van der Waals surface area (Å²) in [4.78, 5) is 22.1. The van der Waals surface area contributed by atoms with E-state index in [0.717, 1.165) is 11.6 Å². The normalized spacial score (nSPS) is 17.6. The molecule has 0 aromatic heterocycles. The zero-order chi connectivity index (χ0) is 13.0. The molecule has 2 N–H and O–H groups in total. The molecule has 1 aliphatic heterocycles. The van der Waals surface area contributed by atoms with Crippen LogP contribution in [0.15, 0.2) is 24.3 Å². The number of nitrogens with one attached hydrogen (secondary N) is 2. The molecule has 0 radical (unpaired) electrons. The van der Waals surface area contributed by atoms with Gasteiger partial charge in [-0.25, -0.2) is 0 Å². The Bertz CT molecular complexity index is 466. The first-order chi connectivity index (χ1) is 8.68. The number of thioether (sulfide) groups is 1. The summed E-state index contributed by atoms with van der Waals surface area (Å²) < 4.78 is 0. The van der Waals surface area contributed by atoms with Crippen LogP contribution >= 0.6 is 24.2 Å². The number of halogens is 1. The summed E-state index contributed by atoms with van der Waals surface area (Å²) in [5.41, 5.74) is 0.549. The fourth-order valence-corrected chi connectivity index (χ4v) is 2.65. The van der Waals surface area contributed by atoms with E-state index in [4.69, 9.17) is 0 Å². The van der Waals surface area contributed by atoms with Crippen LogP contribution in [0, 0.1) is 10.1 Å². The van der Waals surface area contributed by atoms with E-state index in [9.17, 15) is 14.9 Å². The van der Waals surface area contributed by atoms with E-state index in [1.54, 1.807) is 30.0 Å². The van der Waals surface area contributed by atoms with Gasteiger partial charge in [-0.05, 0) is 0 Å². The third-order valence-corrected chi connectivity index (χ3v) is 3.61. The smallest absolute Gasteiger partial charge is 0.274 e. The van der Waals surface area contributed by atoms with Crippen LogP contribution in [0.2, 0.25) is 0 Å². The second-order valence-corrected chi connectivity index (χ2v) is 4.91. The van der Waals surface area contributed by atoms with Crippen LogP contribution < -0.4 is 10.6 Å². The lowest BCUT2D eigenvalue weighted by Gasteiger charge is -2.10. The van der Waals surface area contributed by atoms with E-state index in [-0.39, 0.29) is 36.6 Å². The van der Waals surface area contributed by atoms with Crippen molar-refractivity contribution in [1.82, 2.24) is 10.6 Å². The highest BCUT2D eigenvalue weighted by Gasteiger charge is 2.22. The Balaban J connectivity index is 0.00000180. The zero-order valence-electron chi connectivity index (χ0n) is 10.00. The second-order valence-electron chi connectivity index (χ2n) is 3.88. The largest absolute Gasteiger partial charge is 0.350 e. The lowest BCUT2D eigenvalue weighted by Crippen LogP contribution is -2.41. The average Bonchev–Trinajstić information content (AvgIpc) is 2.90. The molecule has 0 bridgehead atoms. The number of benzene rings is 1. The van der Waals surface area contributed by atoms with Crippen LogP contribution in [0.1, 0.15) is 5.56 Å². The number of hydrogen-bond acceptors (Lipinski definition) is 5. The molecule has 2 rings (SSSR count). The number of carbonyl (C=O) groups excluding carboxylic acids is 1. The van der Waals surface area contributed by atoms with Crippen LogP contribution in [0.25, 0.3) is 0 Å². The van der Waals surface area contributed by atoms with Crippen LogP contribution in [0.4, 0.5) is 5.69 Å². The SMILES string of the molecule is Cl.O=C(NCc1ccccc1[N+](=O)[O-])C1CSCN1. The molecule has 104 valence electrons. The maximum absolute atomic E-state index is 11.7. The summed E-state index contributed by atoms with van der Waals surface area (Å²) in [7, 11) is 0. The summed E-state index contributed by atoms with van der Waals surface area (Å²) in [5.74, 6) is 1.39. The Morgan fingerprint density at radius 3 is 2.89 bits per heavy atom. The minimum absolute atomic E-state index is 0. The molecule has 1 atom stereocenters. The van der Waals surface area contributed by atoms with Gasteiger partial charge in [-0.1, -0.05) is 18.2 Å². The van der Waals surface area contributed by atoms with E-state index < -0.39 is 4.92 Å². The summed E-state index contributed by atoms with van der Waals surface area (Å²) in [6, 6.07) is 6.22. The number of hydrogen-bond donors (Lipinski definition) is 2. The van der Waals surface area contributed by atoms with Crippen molar-refractivity contribution >= 4 is 35.8 Å². The van der Waals surface area contributed by atoms with Gasteiger partial charge in [-0.15, -0.1) is 24.2 Å². The number of nitro benzene ring substituents is 1. The van der Waals surface area contributed by atoms with Gasteiger partial charge < -0.3 is 5.32 Å². The highest BCUT2D eigenvalue weighted by atomic mass is 35.5. The molecule has 0 saturated carbocycles. The maximum atomic E-state index is 11.7. The van der Waals surface area contributed by atoms with Crippen molar-refractivity contribution in [3.05, 3.63) is 39.9 Å². The molecule has 8 heteroatoms. The Hall–Kier alpha value is -1.31. The van der Waals surface area contributed by atoms with Gasteiger partial charge in [0.1, 0.15) is 0 Å². The zero-order valence-corrected chi connectivity index (χ0v) is 11.6. The molecule has 1 aliphatic rings. The fraction of sp³-hybridized carbons (Fsp3) is 0.364. The highest BCUT2D eigenvalue weighted by molar-refractivity contribution is 7.99. The van der Waals surface area contributed by atoms with E-state index in [1.165, 1.54) is 6.07 Å². The number of carbonyl (C=O) groups is 1. The van der Waals surface area contributed by atoms with E-state index in [1.807, 2.05) is 0 Å². The lowest BCUT2D eigenvalue weighted by molar-refractivity contribution is -0.385. The number of rotatable bonds is 4. The van der Waals surface area contributed by atoms with Crippen molar-refractivity contribution in [3.8, 4) is 0 Å². The standard InChI is InChI=1S/C11H13N3O3S.ClH/c15-11(9-6-18-7-13-9)12-5-8-3-1-2-4-10(8)14(16)17;/h1-4,9,13H,5-7H2,(H,12,15);1H. The second kappa shape index (κ2) is 7.32. The summed E-state index contributed by atoms with van der Waals surface area (Å²) in [5, 5.41) is 16.6. The molecule has 1 heterocycles. The minimum Gasteiger partial charge on any atom is -0.350 e. The van der Waals surface area contributed by atoms with Crippen LogP contribution in [0.5, 0.6) is 0 Å². The molecule has 1 amide bonds. The quantitative estimate of drug-likeness (QED) is 0.647. The van der Waals surface area contributed by atoms with Gasteiger partial charge in [0.15, 0.2) is 0 Å². The Labute approximate surface area is 120 Å². The van der Waals surface area contributed by atoms with Crippen LogP contribution in [-0.2, 0) is 11.3 Å². The van der Waals surface area contributed by atoms with E-state index in [2.05, 4.69) is 10.6 Å². The molecule has 1 saturated heterocycles. The predicted octanol–water partition coefficient (Wildman–Crippen LogP) is 1.30. The van der Waals surface area contributed by atoms with Gasteiger partial charge in [-0.2, -0.15) is 0 Å². The fourth-order valence-electron chi connectivity index (χ4n) is 1.71. The molecule has 19 heavy (non-hydrogen) atoms. The van der Waals surface area contributed by atoms with Gasteiger partial charge in [0.25, 0.3) is 5.69 Å². The van der Waals surface area contributed by atoms with Gasteiger partial charge in [0.2, 0.25) is 5.91 Å². The summed E-state index contributed by atoms with van der Waals surface area (Å²) in [6.07, 6.45) is 0. The maximum Gasteiger partial charge on any atom is 0.274 e. The first-order valence-electron chi connectivity index (χ1n) is 5.49. The van der Waals surface area contributed by atoms with Crippen molar-refractivity contribution in [2.45, 2.75) is 12.6 Å². The Kier molecular flexibility index (Phi) is 6.07. The number of nitro groups is 1.